The second-order valence-electron chi connectivity index (χ2n) is 8.53. The minimum atomic E-state index is 0.471. The van der Waals surface area contributed by atoms with Crippen molar-refractivity contribution >= 4 is 39.3 Å². The average molecular weight is 413 g/mol. The first kappa shape index (κ1) is 18.1. The van der Waals surface area contributed by atoms with Crippen LogP contribution in [-0.2, 0) is 6.42 Å². The van der Waals surface area contributed by atoms with Gasteiger partial charge < -0.3 is 16.0 Å². The maximum atomic E-state index is 6.09. The topological polar surface area (TPSA) is 113 Å². The van der Waals surface area contributed by atoms with Crippen molar-refractivity contribution in [3.8, 4) is 0 Å². The van der Waals surface area contributed by atoms with Gasteiger partial charge in [-0.15, -0.1) is 0 Å². The molecule has 0 amide bonds. The Balaban J connectivity index is 1.18. The molecule has 4 aromatic heterocycles. The molecule has 4 heterocycles. The molecule has 31 heavy (non-hydrogen) atoms. The molecule has 0 saturated heterocycles. The maximum Gasteiger partial charge on any atom is 0.206 e. The molecule has 0 aliphatic heterocycles. The highest BCUT2D eigenvalue weighted by Gasteiger charge is 2.27. The summed E-state index contributed by atoms with van der Waals surface area (Å²) in [6, 6.07) is 8.98. The molecule has 2 unspecified atom stereocenters. The molecule has 6 rings (SSSR count). The fourth-order valence-corrected chi connectivity index (χ4v) is 5.10. The first-order valence-corrected chi connectivity index (χ1v) is 10.8. The number of rotatable bonds is 4. The van der Waals surface area contributed by atoms with Crippen molar-refractivity contribution < 1.29 is 0 Å². The fourth-order valence-electron chi connectivity index (χ4n) is 5.10. The molecule has 1 aliphatic rings. The zero-order valence-corrected chi connectivity index (χ0v) is 17.1. The van der Waals surface area contributed by atoms with Crippen LogP contribution >= 0.6 is 0 Å². The van der Waals surface area contributed by atoms with Gasteiger partial charge in [0.05, 0.1) is 10.9 Å². The normalized spacial score (nSPS) is 19.1. The van der Waals surface area contributed by atoms with Crippen molar-refractivity contribution in [3.05, 3.63) is 54.7 Å². The lowest BCUT2D eigenvalue weighted by molar-refractivity contribution is 0.461. The van der Waals surface area contributed by atoms with Gasteiger partial charge in [0.1, 0.15) is 23.4 Å². The Morgan fingerprint density at radius 3 is 2.84 bits per heavy atom. The van der Waals surface area contributed by atoms with Gasteiger partial charge in [-0.25, -0.2) is 19.9 Å². The molecule has 1 aromatic carbocycles. The molecule has 0 spiro atoms. The standard InChI is InChI=1S/C23H24N8/c24-20-18-7-9-30(22(18)28-13-27-20)16-5-3-14(11-16)1-2-15-4-6-17-19(12-15)29-23(25)31-10-8-26-21(17)31/h4,6-10,12-14,16H,1-3,5,11H2,(H2,25,29)(H2,24,27,28). The lowest BCUT2D eigenvalue weighted by atomic mass is 9.97. The molecule has 1 saturated carbocycles. The lowest BCUT2D eigenvalue weighted by Crippen LogP contribution is -2.06. The van der Waals surface area contributed by atoms with E-state index in [2.05, 4.69) is 48.9 Å². The lowest BCUT2D eigenvalue weighted by Gasteiger charge is -2.14. The van der Waals surface area contributed by atoms with Crippen molar-refractivity contribution in [2.75, 3.05) is 11.5 Å². The van der Waals surface area contributed by atoms with E-state index in [0.717, 1.165) is 34.0 Å². The van der Waals surface area contributed by atoms with Crippen LogP contribution < -0.4 is 11.5 Å². The van der Waals surface area contributed by atoms with Gasteiger partial charge in [0.25, 0.3) is 0 Å². The number of imidazole rings is 1. The number of hydrogen-bond acceptors (Lipinski definition) is 6. The summed E-state index contributed by atoms with van der Waals surface area (Å²) >= 11 is 0. The summed E-state index contributed by atoms with van der Waals surface area (Å²) in [6.07, 6.45) is 13.0. The molecular weight excluding hydrogens is 388 g/mol. The van der Waals surface area contributed by atoms with Crippen LogP contribution in [0.5, 0.6) is 0 Å². The van der Waals surface area contributed by atoms with Gasteiger partial charge in [-0.05, 0) is 61.8 Å². The third-order valence-electron chi connectivity index (χ3n) is 6.71. The monoisotopic (exact) mass is 412 g/mol. The van der Waals surface area contributed by atoms with Gasteiger partial charge in [0.2, 0.25) is 5.95 Å². The highest BCUT2D eigenvalue weighted by Crippen LogP contribution is 2.39. The van der Waals surface area contributed by atoms with E-state index in [-0.39, 0.29) is 0 Å². The first-order valence-electron chi connectivity index (χ1n) is 10.8. The van der Waals surface area contributed by atoms with Gasteiger partial charge in [-0.1, -0.05) is 6.07 Å². The molecule has 1 aliphatic carbocycles. The third-order valence-corrected chi connectivity index (χ3v) is 6.71. The van der Waals surface area contributed by atoms with E-state index < -0.39 is 0 Å². The number of nitrogens with two attached hydrogens (primary N) is 2. The zero-order valence-electron chi connectivity index (χ0n) is 17.1. The maximum absolute atomic E-state index is 6.09. The molecule has 156 valence electrons. The molecule has 5 aromatic rings. The van der Waals surface area contributed by atoms with Gasteiger partial charge in [0.15, 0.2) is 0 Å². The van der Waals surface area contributed by atoms with E-state index in [9.17, 15) is 0 Å². The summed E-state index contributed by atoms with van der Waals surface area (Å²) in [5, 5.41) is 1.98. The van der Waals surface area contributed by atoms with Crippen LogP contribution in [0.4, 0.5) is 11.8 Å². The summed E-state index contributed by atoms with van der Waals surface area (Å²) in [4.78, 5) is 17.6. The van der Waals surface area contributed by atoms with Crippen LogP contribution in [0.1, 0.15) is 37.3 Å². The third kappa shape index (κ3) is 2.98. The molecule has 2 atom stereocenters. The quantitative estimate of drug-likeness (QED) is 0.465. The predicted molar refractivity (Wildman–Crippen MR) is 122 cm³/mol. The number of benzene rings is 1. The molecule has 8 heteroatoms. The van der Waals surface area contributed by atoms with Gasteiger partial charge in [-0.3, -0.25) is 4.40 Å². The summed E-state index contributed by atoms with van der Waals surface area (Å²) in [5.41, 5.74) is 16.1. The van der Waals surface area contributed by atoms with E-state index in [1.54, 1.807) is 12.5 Å². The molecule has 1 fully saturated rings. The molecule has 4 N–H and O–H groups in total. The van der Waals surface area contributed by atoms with Crippen LogP contribution in [0, 0.1) is 5.92 Å². The van der Waals surface area contributed by atoms with Gasteiger partial charge >= 0.3 is 0 Å². The number of anilines is 2. The van der Waals surface area contributed by atoms with Crippen molar-refractivity contribution in [3.63, 3.8) is 0 Å². The average Bonchev–Trinajstić information content (AvgIpc) is 3.51. The summed E-state index contributed by atoms with van der Waals surface area (Å²) in [6.45, 7) is 0. The largest absolute Gasteiger partial charge is 0.383 e. The van der Waals surface area contributed by atoms with Crippen LogP contribution in [0.2, 0.25) is 0 Å². The summed E-state index contributed by atoms with van der Waals surface area (Å²) < 4.78 is 4.11. The minimum Gasteiger partial charge on any atom is -0.383 e. The number of aryl methyl sites for hydroxylation is 1. The van der Waals surface area contributed by atoms with Crippen LogP contribution in [0.25, 0.3) is 27.6 Å². The fraction of sp³-hybridized carbons (Fsp3) is 0.304. The van der Waals surface area contributed by atoms with Gasteiger partial charge in [-0.2, -0.15) is 0 Å². The Kier molecular flexibility index (Phi) is 4.05. The van der Waals surface area contributed by atoms with Gasteiger partial charge in [0, 0.05) is 30.0 Å². The number of hydrogen-bond donors (Lipinski definition) is 2. The number of nitrogen functional groups attached to an aromatic ring is 2. The SMILES string of the molecule is Nc1ncnc2c1ccn2C1CCC(CCc2ccc3c(c2)nc(N)n2ccnc32)C1. The van der Waals surface area contributed by atoms with E-state index in [1.807, 2.05) is 16.7 Å². The Bertz CT molecular complexity index is 1420. The van der Waals surface area contributed by atoms with E-state index in [0.29, 0.717) is 23.7 Å². The van der Waals surface area contributed by atoms with Crippen molar-refractivity contribution in [2.45, 2.75) is 38.1 Å². The minimum absolute atomic E-state index is 0.471. The second-order valence-corrected chi connectivity index (χ2v) is 8.53. The first-order chi connectivity index (χ1) is 15.2. The van der Waals surface area contributed by atoms with Crippen molar-refractivity contribution in [1.29, 1.82) is 0 Å². The highest BCUT2D eigenvalue weighted by atomic mass is 15.1. The van der Waals surface area contributed by atoms with E-state index in [1.165, 1.54) is 31.2 Å². The number of aromatic nitrogens is 6. The Morgan fingerprint density at radius 2 is 1.90 bits per heavy atom. The zero-order chi connectivity index (χ0) is 20.9. The summed E-state index contributed by atoms with van der Waals surface area (Å²) in [7, 11) is 0. The van der Waals surface area contributed by atoms with Crippen LogP contribution in [-0.4, -0.2) is 28.9 Å². The molecule has 8 nitrogen and oxygen atoms in total. The molecule has 0 bridgehead atoms. The van der Waals surface area contributed by atoms with E-state index >= 15 is 0 Å². The smallest absolute Gasteiger partial charge is 0.206 e. The number of nitrogens with zero attached hydrogens (tertiary/aromatic N) is 6. The van der Waals surface area contributed by atoms with Crippen molar-refractivity contribution in [2.24, 2.45) is 5.92 Å². The Labute approximate surface area is 178 Å². The summed E-state index contributed by atoms with van der Waals surface area (Å²) in [5.74, 6) is 1.72. The Morgan fingerprint density at radius 1 is 0.968 bits per heavy atom. The molecule has 0 radical (unpaired) electrons. The van der Waals surface area contributed by atoms with Crippen molar-refractivity contribution in [1.82, 2.24) is 28.9 Å². The molecular formula is C23H24N8. The van der Waals surface area contributed by atoms with E-state index in [4.69, 9.17) is 11.5 Å². The Hall–Kier alpha value is -3.68. The second kappa shape index (κ2) is 6.94. The van der Waals surface area contributed by atoms with Crippen LogP contribution in [0.15, 0.2) is 49.2 Å². The number of fused-ring (bicyclic) bond motifs is 4. The highest BCUT2D eigenvalue weighted by molar-refractivity contribution is 5.92. The van der Waals surface area contributed by atoms with Crippen LogP contribution in [0.3, 0.4) is 0 Å². The predicted octanol–water partition coefficient (Wildman–Crippen LogP) is 3.77.